The number of hydrogen-bond acceptors (Lipinski definition) is 3. The summed E-state index contributed by atoms with van der Waals surface area (Å²) in [6.45, 7) is 7.81. The average molecular weight is 393 g/mol. The lowest BCUT2D eigenvalue weighted by Crippen LogP contribution is -2.12. The Hall–Kier alpha value is -3.21. The van der Waals surface area contributed by atoms with Crippen molar-refractivity contribution < 1.29 is 19.0 Å². The van der Waals surface area contributed by atoms with Gasteiger partial charge in [0.05, 0.1) is 17.0 Å². The minimum Gasteiger partial charge on any atom is -0.487 e. The molecule has 0 spiro atoms. The van der Waals surface area contributed by atoms with Crippen LogP contribution in [-0.4, -0.2) is 16.1 Å². The molecule has 0 unspecified atom stereocenters. The molecule has 0 atom stereocenters. The molecule has 0 saturated heterocycles. The van der Waals surface area contributed by atoms with Crippen LogP contribution in [0.1, 0.15) is 52.6 Å². The van der Waals surface area contributed by atoms with E-state index in [1.54, 1.807) is 18.2 Å². The third-order valence-electron chi connectivity index (χ3n) is 4.78. The Kier molecular flexibility index (Phi) is 5.97. The van der Waals surface area contributed by atoms with Crippen molar-refractivity contribution in [1.82, 2.24) is 4.98 Å². The van der Waals surface area contributed by atoms with Gasteiger partial charge in [0.1, 0.15) is 18.2 Å². The number of nitrogens with zero attached hydrogens (tertiary/aromatic N) is 1. The van der Waals surface area contributed by atoms with Crippen LogP contribution >= 0.6 is 0 Å². The Morgan fingerprint density at radius 3 is 2.48 bits per heavy atom. The zero-order valence-corrected chi connectivity index (χ0v) is 17.0. The quantitative estimate of drug-likeness (QED) is 0.566. The van der Waals surface area contributed by atoms with E-state index >= 15 is 0 Å². The number of carbonyl (C=O) groups is 1. The van der Waals surface area contributed by atoms with Crippen molar-refractivity contribution in [3.05, 3.63) is 82.4 Å². The predicted molar refractivity (Wildman–Crippen MR) is 111 cm³/mol. The average Bonchev–Trinajstić information content (AvgIpc) is 2.68. The molecule has 3 rings (SSSR count). The van der Waals surface area contributed by atoms with E-state index in [9.17, 15) is 14.3 Å². The molecule has 0 aliphatic heterocycles. The predicted octanol–water partition coefficient (Wildman–Crippen LogP) is 5.91. The van der Waals surface area contributed by atoms with Crippen LogP contribution < -0.4 is 4.74 Å². The highest BCUT2D eigenvalue weighted by molar-refractivity contribution is 5.91. The maximum absolute atomic E-state index is 14.4. The second-order valence-corrected chi connectivity index (χ2v) is 7.41. The highest BCUT2D eigenvalue weighted by atomic mass is 19.1. The van der Waals surface area contributed by atoms with Crippen LogP contribution in [0.15, 0.2) is 48.5 Å². The van der Waals surface area contributed by atoms with Gasteiger partial charge in [0.15, 0.2) is 0 Å². The number of carboxylic acid groups (broad SMARTS) is 1. The summed E-state index contributed by atoms with van der Waals surface area (Å²) in [5, 5.41) is 9.74. The summed E-state index contributed by atoms with van der Waals surface area (Å²) in [5.74, 6) is -0.865. The molecule has 0 fully saturated rings. The van der Waals surface area contributed by atoms with Gasteiger partial charge in [-0.3, -0.25) is 4.98 Å². The normalized spacial score (nSPS) is 11.0. The number of aromatic nitrogens is 1. The molecule has 29 heavy (non-hydrogen) atoms. The molecule has 0 aliphatic carbocycles. The number of ether oxygens (including phenoxy) is 1. The van der Waals surface area contributed by atoms with Crippen molar-refractivity contribution in [2.75, 3.05) is 0 Å². The maximum atomic E-state index is 14.4. The Bertz CT molecular complexity index is 1060. The molecule has 1 aromatic heterocycles. The second-order valence-electron chi connectivity index (χ2n) is 7.41. The molecule has 3 aromatic rings. The molecule has 1 N–H and O–H groups in total. The number of hydrogen-bond donors (Lipinski definition) is 1. The number of halogens is 1. The highest BCUT2D eigenvalue weighted by Gasteiger charge is 2.21. The minimum atomic E-state index is -1.12. The lowest BCUT2D eigenvalue weighted by molar-refractivity contribution is 0.0693. The van der Waals surface area contributed by atoms with Crippen LogP contribution in [-0.2, 0) is 6.61 Å². The fourth-order valence-corrected chi connectivity index (χ4v) is 3.21. The molecule has 2 aromatic carbocycles. The molecule has 0 bridgehead atoms. The first-order chi connectivity index (χ1) is 13.8. The molecule has 0 amide bonds. The largest absolute Gasteiger partial charge is 0.487 e. The summed E-state index contributed by atoms with van der Waals surface area (Å²) in [6, 6.07) is 13.7. The van der Waals surface area contributed by atoms with Crippen LogP contribution in [0.25, 0.3) is 11.1 Å². The Morgan fingerprint density at radius 2 is 1.83 bits per heavy atom. The Labute approximate surface area is 170 Å². The van der Waals surface area contributed by atoms with E-state index in [2.05, 4.69) is 4.98 Å². The molecular weight excluding hydrogens is 369 g/mol. The van der Waals surface area contributed by atoms with Gasteiger partial charge in [0.2, 0.25) is 0 Å². The van der Waals surface area contributed by atoms with Gasteiger partial charge in [0, 0.05) is 11.1 Å². The van der Waals surface area contributed by atoms with E-state index in [1.807, 2.05) is 45.9 Å². The smallest absolute Gasteiger partial charge is 0.337 e. The maximum Gasteiger partial charge on any atom is 0.337 e. The van der Waals surface area contributed by atoms with E-state index in [-0.39, 0.29) is 18.1 Å². The first-order valence-electron chi connectivity index (χ1n) is 9.50. The molecule has 4 nitrogen and oxygen atoms in total. The first kappa shape index (κ1) is 20.5. The Balaban J connectivity index is 2.08. The number of pyridine rings is 1. The highest BCUT2D eigenvalue weighted by Crippen LogP contribution is 2.32. The summed E-state index contributed by atoms with van der Waals surface area (Å²) in [4.78, 5) is 16.5. The molecular formula is C24H24FNO3. The van der Waals surface area contributed by atoms with E-state index < -0.39 is 11.8 Å². The number of aromatic carboxylic acids is 1. The van der Waals surface area contributed by atoms with Crippen LogP contribution in [0.2, 0.25) is 0 Å². The standard InChI is InChI=1S/C24H24FNO3/c1-14(2)23-18(17-7-5-6-8-20(17)25)12-19(24(27)28)21(26-23)13-29-22-11-15(3)9-10-16(22)4/h5-12,14H,13H2,1-4H3,(H,27,28). The fourth-order valence-electron chi connectivity index (χ4n) is 3.21. The lowest BCUT2D eigenvalue weighted by atomic mass is 9.94. The lowest BCUT2D eigenvalue weighted by Gasteiger charge is -2.17. The summed E-state index contributed by atoms with van der Waals surface area (Å²) in [7, 11) is 0. The third-order valence-corrected chi connectivity index (χ3v) is 4.78. The van der Waals surface area contributed by atoms with Gasteiger partial charge in [-0.1, -0.05) is 44.2 Å². The monoisotopic (exact) mass is 393 g/mol. The zero-order valence-electron chi connectivity index (χ0n) is 17.0. The van der Waals surface area contributed by atoms with Gasteiger partial charge < -0.3 is 9.84 Å². The first-order valence-corrected chi connectivity index (χ1v) is 9.50. The number of benzene rings is 2. The molecule has 1 heterocycles. The van der Waals surface area contributed by atoms with Gasteiger partial charge in [0.25, 0.3) is 0 Å². The topological polar surface area (TPSA) is 59.4 Å². The van der Waals surface area contributed by atoms with Crippen molar-refractivity contribution in [2.45, 2.75) is 40.2 Å². The summed E-state index contributed by atoms with van der Waals surface area (Å²) < 4.78 is 20.3. The van der Waals surface area contributed by atoms with Crippen molar-refractivity contribution in [3.8, 4) is 16.9 Å². The summed E-state index contributed by atoms with van der Waals surface area (Å²) >= 11 is 0. The zero-order chi connectivity index (χ0) is 21.1. The summed E-state index contributed by atoms with van der Waals surface area (Å²) in [5.41, 5.74) is 3.81. The van der Waals surface area contributed by atoms with Crippen molar-refractivity contribution >= 4 is 5.97 Å². The van der Waals surface area contributed by atoms with E-state index in [4.69, 9.17) is 4.74 Å². The molecule has 5 heteroatoms. The molecule has 0 aliphatic rings. The second kappa shape index (κ2) is 8.43. The SMILES string of the molecule is Cc1ccc(C)c(OCc2nc(C(C)C)c(-c3ccccc3F)cc2C(=O)O)c1. The van der Waals surface area contributed by atoms with E-state index in [1.165, 1.54) is 12.1 Å². The summed E-state index contributed by atoms with van der Waals surface area (Å²) in [6.07, 6.45) is 0. The van der Waals surface area contributed by atoms with Gasteiger partial charge in [-0.25, -0.2) is 9.18 Å². The van der Waals surface area contributed by atoms with Gasteiger partial charge in [-0.2, -0.15) is 0 Å². The third kappa shape index (κ3) is 4.45. The number of carboxylic acids is 1. The van der Waals surface area contributed by atoms with Crippen LogP contribution in [0.3, 0.4) is 0 Å². The van der Waals surface area contributed by atoms with E-state index in [0.29, 0.717) is 28.3 Å². The molecule has 0 saturated carbocycles. The van der Waals surface area contributed by atoms with Gasteiger partial charge in [-0.15, -0.1) is 0 Å². The van der Waals surface area contributed by atoms with E-state index in [0.717, 1.165) is 11.1 Å². The van der Waals surface area contributed by atoms with Crippen LogP contribution in [0.4, 0.5) is 4.39 Å². The fraction of sp³-hybridized carbons (Fsp3) is 0.250. The van der Waals surface area contributed by atoms with Gasteiger partial charge in [-0.05, 0) is 49.1 Å². The Morgan fingerprint density at radius 1 is 1.10 bits per heavy atom. The number of rotatable bonds is 6. The van der Waals surface area contributed by atoms with Crippen molar-refractivity contribution in [1.29, 1.82) is 0 Å². The molecule has 0 radical (unpaired) electrons. The van der Waals surface area contributed by atoms with Crippen LogP contribution in [0, 0.1) is 19.7 Å². The van der Waals surface area contributed by atoms with Crippen molar-refractivity contribution in [2.24, 2.45) is 0 Å². The number of aryl methyl sites for hydroxylation is 2. The van der Waals surface area contributed by atoms with Crippen LogP contribution in [0.5, 0.6) is 5.75 Å². The molecule has 150 valence electrons. The van der Waals surface area contributed by atoms with Crippen molar-refractivity contribution in [3.63, 3.8) is 0 Å². The minimum absolute atomic E-state index is 0.0120. The van der Waals surface area contributed by atoms with Gasteiger partial charge >= 0.3 is 5.97 Å².